The van der Waals surface area contributed by atoms with Crippen molar-refractivity contribution < 1.29 is 14.3 Å². The summed E-state index contributed by atoms with van der Waals surface area (Å²) in [6, 6.07) is 5.66. The van der Waals surface area contributed by atoms with E-state index in [0.29, 0.717) is 36.2 Å². The van der Waals surface area contributed by atoms with Gasteiger partial charge in [-0.3, -0.25) is 4.79 Å². The fourth-order valence-electron chi connectivity index (χ4n) is 3.21. The number of aromatic nitrogens is 1. The topological polar surface area (TPSA) is 51.7 Å². The second-order valence-electron chi connectivity index (χ2n) is 6.51. The van der Waals surface area contributed by atoms with Gasteiger partial charge in [-0.25, -0.2) is 4.98 Å². The molecule has 1 aromatic carbocycles. The van der Waals surface area contributed by atoms with Crippen molar-refractivity contribution >= 4 is 29.1 Å². The van der Waals surface area contributed by atoms with Crippen LogP contribution in [0.4, 0.5) is 0 Å². The molecule has 0 unspecified atom stereocenters. The van der Waals surface area contributed by atoms with Crippen molar-refractivity contribution in [3.8, 4) is 22.6 Å². The molecule has 1 aliphatic carbocycles. The molecule has 136 valence electrons. The van der Waals surface area contributed by atoms with E-state index >= 15 is 0 Å². The van der Waals surface area contributed by atoms with Crippen LogP contribution >= 0.6 is 23.2 Å². The first-order valence-electron chi connectivity index (χ1n) is 8.51. The minimum absolute atomic E-state index is 0.176. The van der Waals surface area contributed by atoms with Crippen LogP contribution < -0.4 is 9.47 Å². The Morgan fingerprint density at radius 1 is 1.35 bits per heavy atom. The molecule has 1 amide bonds. The predicted octanol–water partition coefficient (Wildman–Crippen LogP) is 4.20. The van der Waals surface area contributed by atoms with Crippen LogP contribution in [0, 0.1) is 5.92 Å². The van der Waals surface area contributed by atoms with Gasteiger partial charge in [-0.05, 0) is 36.6 Å². The van der Waals surface area contributed by atoms with E-state index in [2.05, 4.69) is 4.98 Å². The number of fused-ring (bicyclic) bond motifs is 1. The number of halogens is 2. The summed E-state index contributed by atoms with van der Waals surface area (Å²) in [5.41, 5.74) is 2.51. The molecule has 1 aliphatic heterocycles. The van der Waals surface area contributed by atoms with E-state index in [4.69, 9.17) is 32.7 Å². The molecular weight excluding hydrogens is 375 g/mol. The number of carbonyl (C=O) groups excluding carboxylic acids is 1. The third-order valence-corrected chi connectivity index (χ3v) is 5.48. The maximum absolute atomic E-state index is 12.5. The van der Waals surface area contributed by atoms with Crippen molar-refractivity contribution in [2.75, 3.05) is 20.3 Å². The largest absolute Gasteiger partial charge is 0.493 e. The number of methoxy groups -OCH3 is 1. The lowest BCUT2D eigenvalue weighted by molar-refractivity contribution is -0.133. The summed E-state index contributed by atoms with van der Waals surface area (Å²) in [6.07, 6.45) is 3.58. The first-order chi connectivity index (χ1) is 12.6. The van der Waals surface area contributed by atoms with Crippen molar-refractivity contribution in [3.05, 3.63) is 40.1 Å². The second kappa shape index (κ2) is 6.97. The summed E-state index contributed by atoms with van der Waals surface area (Å²) in [7, 11) is 1.60. The highest BCUT2D eigenvalue weighted by molar-refractivity contribution is 6.42. The molecule has 1 saturated carbocycles. The SMILES string of the molecule is COc1cc(-c2ccnc(Cl)c2Cl)cc2c1OCCN(C(=O)C1CC1)C2. The van der Waals surface area contributed by atoms with Crippen molar-refractivity contribution in [1.82, 2.24) is 9.88 Å². The molecule has 5 nitrogen and oxygen atoms in total. The molecule has 26 heavy (non-hydrogen) atoms. The maximum Gasteiger partial charge on any atom is 0.226 e. The summed E-state index contributed by atoms with van der Waals surface area (Å²) < 4.78 is 11.4. The maximum atomic E-state index is 12.5. The Balaban J connectivity index is 1.77. The second-order valence-corrected chi connectivity index (χ2v) is 7.25. The fraction of sp³-hybridized carbons (Fsp3) is 0.368. The molecule has 2 aromatic rings. The van der Waals surface area contributed by atoms with Crippen LogP contribution in [0.5, 0.6) is 11.5 Å². The van der Waals surface area contributed by atoms with Crippen molar-refractivity contribution in [1.29, 1.82) is 0 Å². The lowest BCUT2D eigenvalue weighted by Gasteiger charge is -2.20. The van der Waals surface area contributed by atoms with Crippen molar-refractivity contribution in [2.45, 2.75) is 19.4 Å². The Morgan fingerprint density at radius 3 is 2.88 bits per heavy atom. The number of hydrogen-bond acceptors (Lipinski definition) is 4. The highest BCUT2D eigenvalue weighted by Crippen LogP contribution is 2.41. The van der Waals surface area contributed by atoms with E-state index in [1.165, 1.54) is 0 Å². The molecule has 0 N–H and O–H groups in total. The molecule has 0 atom stereocenters. The van der Waals surface area contributed by atoms with Gasteiger partial charge in [0, 0.05) is 29.8 Å². The van der Waals surface area contributed by atoms with Gasteiger partial charge in [-0.2, -0.15) is 0 Å². The number of hydrogen-bond donors (Lipinski definition) is 0. The van der Waals surface area contributed by atoms with Gasteiger partial charge in [0.25, 0.3) is 0 Å². The number of carbonyl (C=O) groups is 1. The van der Waals surface area contributed by atoms with Gasteiger partial charge < -0.3 is 14.4 Å². The molecule has 0 saturated heterocycles. The third-order valence-electron chi connectivity index (χ3n) is 4.72. The van der Waals surface area contributed by atoms with E-state index in [1.54, 1.807) is 19.4 Å². The van der Waals surface area contributed by atoms with Crippen LogP contribution in [-0.4, -0.2) is 36.1 Å². The molecule has 1 fully saturated rings. The zero-order chi connectivity index (χ0) is 18.3. The van der Waals surface area contributed by atoms with Gasteiger partial charge in [0.2, 0.25) is 5.91 Å². The van der Waals surface area contributed by atoms with Gasteiger partial charge in [0.05, 0.1) is 18.7 Å². The summed E-state index contributed by atoms with van der Waals surface area (Å²) in [5.74, 6) is 1.67. The quantitative estimate of drug-likeness (QED) is 0.734. The lowest BCUT2D eigenvalue weighted by Crippen LogP contribution is -2.33. The number of rotatable bonds is 3. The highest BCUT2D eigenvalue weighted by atomic mass is 35.5. The minimum Gasteiger partial charge on any atom is -0.493 e. The molecule has 4 rings (SSSR count). The summed E-state index contributed by atoms with van der Waals surface area (Å²) in [4.78, 5) is 18.4. The average Bonchev–Trinajstić information content (AvgIpc) is 3.48. The zero-order valence-electron chi connectivity index (χ0n) is 14.3. The average molecular weight is 393 g/mol. The standard InChI is InChI=1S/C19H18Cl2N2O3/c1-25-15-9-12(14-4-5-22-18(21)16(14)20)8-13-10-23(6-7-26-17(13)15)19(24)11-2-3-11/h4-5,8-9,11H,2-3,6-7,10H2,1H3. The Morgan fingerprint density at radius 2 is 2.15 bits per heavy atom. The first kappa shape index (κ1) is 17.4. The van der Waals surface area contributed by atoms with Crippen molar-refractivity contribution in [3.63, 3.8) is 0 Å². The van der Waals surface area contributed by atoms with Crippen LogP contribution in [0.3, 0.4) is 0 Å². The Hall–Kier alpha value is -1.98. The van der Waals surface area contributed by atoms with E-state index < -0.39 is 0 Å². The van der Waals surface area contributed by atoms with E-state index in [1.807, 2.05) is 17.0 Å². The number of benzene rings is 1. The molecule has 7 heteroatoms. The van der Waals surface area contributed by atoms with E-state index in [-0.39, 0.29) is 17.0 Å². The Labute approximate surface area is 161 Å². The van der Waals surface area contributed by atoms with Crippen LogP contribution in [0.25, 0.3) is 11.1 Å². The monoisotopic (exact) mass is 392 g/mol. The molecule has 0 radical (unpaired) electrons. The zero-order valence-corrected chi connectivity index (χ0v) is 15.8. The van der Waals surface area contributed by atoms with Gasteiger partial charge in [0.15, 0.2) is 11.5 Å². The lowest BCUT2D eigenvalue weighted by atomic mass is 10.0. The molecule has 0 spiro atoms. The number of nitrogens with zero attached hydrogens (tertiary/aromatic N) is 2. The minimum atomic E-state index is 0.176. The van der Waals surface area contributed by atoms with Crippen LogP contribution in [0.2, 0.25) is 10.2 Å². The number of pyridine rings is 1. The Bertz CT molecular complexity index is 868. The molecule has 1 aromatic heterocycles. The van der Waals surface area contributed by atoms with Crippen LogP contribution in [0.1, 0.15) is 18.4 Å². The van der Waals surface area contributed by atoms with Gasteiger partial charge >= 0.3 is 0 Å². The molecule has 2 heterocycles. The molecule has 2 aliphatic rings. The van der Waals surface area contributed by atoms with Gasteiger partial charge in [-0.1, -0.05) is 23.2 Å². The van der Waals surface area contributed by atoms with Crippen LogP contribution in [-0.2, 0) is 11.3 Å². The molecular formula is C19H18Cl2N2O3. The molecule has 0 bridgehead atoms. The number of ether oxygens (including phenoxy) is 2. The predicted molar refractivity (Wildman–Crippen MR) is 99.9 cm³/mol. The van der Waals surface area contributed by atoms with E-state index in [0.717, 1.165) is 29.5 Å². The third kappa shape index (κ3) is 3.21. The number of amides is 1. The van der Waals surface area contributed by atoms with Gasteiger partial charge in [-0.15, -0.1) is 0 Å². The Kier molecular flexibility index (Phi) is 4.67. The summed E-state index contributed by atoms with van der Waals surface area (Å²) >= 11 is 12.4. The van der Waals surface area contributed by atoms with Crippen LogP contribution in [0.15, 0.2) is 24.4 Å². The van der Waals surface area contributed by atoms with Gasteiger partial charge in [0.1, 0.15) is 11.8 Å². The highest BCUT2D eigenvalue weighted by Gasteiger charge is 2.34. The van der Waals surface area contributed by atoms with Crippen molar-refractivity contribution in [2.24, 2.45) is 5.92 Å². The first-order valence-corrected chi connectivity index (χ1v) is 9.27. The summed E-state index contributed by atoms with van der Waals surface area (Å²) in [5, 5.41) is 0.636. The van der Waals surface area contributed by atoms with E-state index in [9.17, 15) is 4.79 Å². The smallest absolute Gasteiger partial charge is 0.226 e. The fourth-order valence-corrected chi connectivity index (χ4v) is 3.59. The summed E-state index contributed by atoms with van der Waals surface area (Å²) in [6.45, 7) is 1.51. The normalized spacial score (nSPS) is 16.5.